The fourth-order valence-electron chi connectivity index (χ4n) is 3.55. The lowest BCUT2D eigenvalue weighted by Gasteiger charge is -2.14. The van der Waals surface area contributed by atoms with Gasteiger partial charge in [-0.1, -0.05) is 0 Å². The van der Waals surface area contributed by atoms with Gasteiger partial charge in [-0.2, -0.15) is 8.78 Å². The molecular formula is C27H14F8O4S. The summed E-state index contributed by atoms with van der Waals surface area (Å²) in [5, 5.41) is 0. The van der Waals surface area contributed by atoms with E-state index >= 15 is 0 Å². The molecule has 4 aromatic carbocycles. The van der Waals surface area contributed by atoms with Crippen molar-refractivity contribution in [3.63, 3.8) is 0 Å². The first-order valence-electron chi connectivity index (χ1n) is 11.0. The van der Waals surface area contributed by atoms with Gasteiger partial charge in [-0.05, 0) is 55.5 Å². The van der Waals surface area contributed by atoms with E-state index in [9.17, 15) is 44.1 Å². The average Bonchev–Trinajstić information content (AvgIpc) is 2.96. The molecule has 0 amide bonds. The number of halogens is 8. The zero-order chi connectivity index (χ0) is 29.5. The smallest absolute Gasteiger partial charge is 0.205 e. The third kappa shape index (κ3) is 4.92. The lowest BCUT2D eigenvalue weighted by Crippen LogP contribution is -2.18. The highest BCUT2D eigenvalue weighted by molar-refractivity contribution is 7.85. The molecule has 0 heterocycles. The second-order valence-electron chi connectivity index (χ2n) is 8.06. The molecule has 1 atom stereocenters. The molecule has 13 heteroatoms. The topological polar surface area (TPSA) is 52.6 Å². The number of carbonyl (C=O) groups excluding carboxylic acids is 1. The highest BCUT2D eigenvalue weighted by Gasteiger charge is 2.36. The second kappa shape index (κ2) is 11.1. The van der Waals surface area contributed by atoms with E-state index < -0.39 is 85.6 Å². The molecule has 0 bridgehead atoms. The molecule has 0 saturated heterocycles. The van der Waals surface area contributed by atoms with Crippen LogP contribution in [0.15, 0.2) is 58.3 Å². The predicted octanol–water partition coefficient (Wildman–Crippen LogP) is 7.31. The maximum absolute atomic E-state index is 14.7. The Morgan fingerprint density at radius 3 is 1.38 bits per heavy atom. The number of ether oxygens (including phenoxy) is 2. The van der Waals surface area contributed by atoms with Crippen molar-refractivity contribution in [2.24, 2.45) is 0 Å². The van der Waals surface area contributed by atoms with Gasteiger partial charge in [0.15, 0.2) is 34.9 Å². The lowest BCUT2D eigenvalue weighted by molar-refractivity contribution is 0.101. The van der Waals surface area contributed by atoms with Crippen LogP contribution in [0.4, 0.5) is 35.1 Å². The van der Waals surface area contributed by atoms with E-state index in [1.165, 1.54) is 31.4 Å². The normalized spacial score (nSPS) is 11.8. The van der Waals surface area contributed by atoms with Crippen molar-refractivity contribution in [2.45, 2.75) is 16.7 Å². The van der Waals surface area contributed by atoms with Crippen molar-refractivity contribution < 1.29 is 53.6 Å². The number of rotatable bonds is 7. The standard InChI is InChI=1S/C27H14F8O4S/c1-11-18(28)20(30)16(21(31)19(11)29)26(36)17-22(32)24(34)27(25(35)23(17)33)39-13-5-9-15(10-6-13)40(37)14-7-3-12(38-2)4-8-14/h3-10H,1-2H3. The second-order valence-corrected chi connectivity index (χ2v) is 9.54. The van der Waals surface area contributed by atoms with Gasteiger partial charge in [-0.25, -0.2) is 30.6 Å². The summed E-state index contributed by atoms with van der Waals surface area (Å²) >= 11 is 0. The summed E-state index contributed by atoms with van der Waals surface area (Å²) in [5.41, 5.74) is -5.41. The minimum atomic E-state index is -2.43. The summed E-state index contributed by atoms with van der Waals surface area (Å²) in [4.78, 5) is 13.1. The third-order valence-electron chi connectivity index (χ3n) is 5.69. The molecule has 208 valence electrons. The first-order chi connectivity index (χ1) is 18.9. The van der Waals surface area contributed by atoms with Crippen molar-refractivity contribution in [3.8, 4) is 17.2 Å². The van der Waals surface area contributed by atoms with Crippen LogP contribution in [0.1, 0.15) is 21.5 Å². The summed E-state index contributed by atoms with van der Waals surface area (Å²) in [5.74, 6) is -22.0. The molecule has 0 radical (unpaired) electrons. The molecule has 0 aliphatic rings. The van der Waals surface area contributed by atoms with Crippen LogP contribution < -0.4 is 9.47 Å². The van der Waals surface area contributed by atoms with Crippen molar-refractivity contribution in [2.75, 3.05) is 7.11 Å². The molecule has 0 N–H and O–H groups in total. The Balaban J connectivity index is 1.67. The van der Waals surface area contributed by atoms with Gasteiger partial charge in [0.25, 0.3) is 0 Å². The van der Waals surface area contributed by atoms with Gasteiger partial charge in [0.05, 0.1) is 17.9 Å². The molecule has 4 nitrogen and oxygen atoms in total. The molecular weight excluding hydrogens is 572 g/mol. The van der Waals surface area contributed by atoms with E-state index in [1.54, 1.807) is 12.1 Å². The van der Waals surface area contributed by atoms with Gasteiger partial charge in [-0.3, -0.25) is 4.79 Å². The molecule has 0 aliphatic carbocycles. The summed E-state index contributed by atoms with van der Waals surface area (Å²) in [6.07, 6.45) is 0. The zero-order valence-electron chi connectivity index (χ0n) is 20.2. The predicted molar refractivity (Wildman–Crippen MR) is 125 cm³/mol. The van der Waals surface area contributed by atoms with Gasteiger partial charge in [0, 0.05) is 15.4 Å². The summed E-state index contributed by atoms with van der Waals surface area (Å²) < 4.78 is 138. The molecule has 40 heavy (non-hydrogen) atoms. The van der Waals surface area contributed by atoms with Crippen LogP contribution in [0.2, 0.25) is 0 Å². The number of ketones is 1. The average molecular weight is 586 g/mol. The summed E-state index contributed by atoms with van der Waals surface area (Å²) in [6, 6.07) is 10.8. The quantitative estimate of drug-likeness (QED) is 0.130. The fourth-order valence-corrected chi connectivity index (χ4v) is 4.59. The molecule has 4 aromatic rings. The highest BCUT2D eigenvalue weighted by atomic mass is 32.2. The Hall–Kier alpha value is -4.26. The maximum Gasteiger partial charge on any atom is 0.205 e. The van der Waals surface area contributed by atoms with E-state index in [0.29, 0.717) is 17.6 Å². The van der Waals surface area contributed by atoms with Crippen molar-refractivity contribution >= 4 is 16.6 Å². The van der Waals surface area contributed by atoms with Crippen LogP contribution in [-0.2, 0) is 10.8 Å². The van der Waals surface area contributed by atoms with Crippen LogP contribution in [0, 0.1) is 53.5 Å². The van der Waals surface area contributed by atoms with E-state index in [-0.39, 0.29) is 10.6 Å². The molecule has 0 saturated carbocycles. The lowest BCUT2D eigenvalue weighted by atomic mass is 9.98. The molecule has 0 aromatic heterocycles. The molecule has 1 unspecified atom stereocenters. The molecule has 0 aliphatic heterocycles. The minimum Gasteiger partial charge on any atom is -0.497 e. The van der Waals surface area contributed by atoms with Crippen LogP contribution in [0.3, 0.4) is 0 Å². The van der Waals surface area contributed by atoms with E-state index in [2.05, 4.69) is 0 Å². The minimum absolute atomic E-state index is 0.221. The highest BCUT2D eigenvalue weighted by Crippen LogP contribution is 2.36. The Morgan fingerprint density at radius 1 is 0.600 bits per heavy atom. The van der Waals surface area contributed by atoms with Gasteiger partial charge < -0.3 is 9.47 Å². The Kier molecular flexibility index (Phi) is 7.96. The van der Waals surface area contributed by atoms with E-state index in [1.807, 2.05) is 0 Å². The van der Waals surface area contributed by atoms with Crippen molar-refractivity contribution in [1.29, 1.82) is 0 Å². The van der Waals surface area contributed by atoms with Crippen LogP contribution >= 0.6 is 0 Å². The third-order valence-corrected chi connectivity index (χ3v) is 7.09. The van der Waals surface area contributed by atoms with Gasteiger partial charge in [0.2, 0.25) is 23.2 Å². The van der Waals surface area contributed by atoms with Crippen molar-refractivity contribution in [1.82, 2.24) is 0 Å². The largest absolute Gasteiger partial charge is 0.497 e. The van der Waals surface area contributed by atoms with Gasteiger partial charge in [0.1, 0.15) is 22.6 Å². The van der Waals surface area contributed by atoms with Crippen LogP contribution in [-0.4, -0.2) is 17.1 Å². The SMILES string of the molecule is COc1ccc(S(=O)c2ccc(Oc3c(F)c(F)c(C(=O)c4c(F)c(F)c(C)c(F)c4F)c(F)c3F)cc2)cc1. The Morgan fingerprint density at radius 2 is 0.975 bits per heavy atom. The number of hydrogen-bond acceptors (Lipinski definition) is 4. The maximum atomic E-state index is 14.7. The van der Waals surface area contributed by atoms with Crippen molar-refractivity contribution in [3.05, 3.63) is 112 Å². The number of benzene rings is 4. The first kappa shape index (κ1) is 28.7. The number of carbonyl (C=O) groups is 1. The molecule has 0 fully saturated rings. The Labute approximate surface area is 223 Å². The fraction of sp³-hybridized carbons (Fsp3) is 0.0741. The Bertz CT molecular complexity index is 1610. The molecule has 0 spiro atoms. The zero-order valence-corrected chi connectivity index (χ0v) is 21.0. The summed E-state index contributed by atoms with van der Waals surface area (Å²) in [7, 11) is -0.245. The number of methoxy groups -OCH3 is 1. The van der Waals surface area contributed by atoms with E-state index in [0.717, 1.165) is 12.1 Å². The van der Waals surface area contributed by atoms with Crippen LogP contribution in [0.25, 0.3) is 0 Å². The van der Waals surface area contributed by atoms with Crippen LogP contribution in [0.5, 0.6) is 17.2 Å². The van der Waals surface area contributed by atoms with Gasteiger partial charge >= 0.3 is 0 Å². The first-order valence-corrected chi connectivity index (χ1v) is 12.1. The monoisotopic (exact) mass is 586 g/mol. The molecule has 4 rings (SSSR count). The number of hydrogen-bond donors (Lipinski definition) is 0. The van der Waals surface area contributed by atoms with Gasteiger partial charge in [-0.15, -0.1) is 0 Å². The van der Waals surface area contributed by atoms with E-state index in [4.69, 9.17) is 9.47 Å². The summed E-state index contributed by atoms with van der Waals surface area (Å²) in [6.45, 7) is 0.626.